The van der Waals surface area contributed by atoms with E-state index in [1.807, 2.05) is 0 Å². The summed E-state index contributed by atoms with van der Waals surface area (Å²) < 4.78 is 14.3. The number of esters is 2. The highest BCUT2D eigenvalue weighted by molar-refractivity contribution is 5.82. The second-order valence-electron chi connectivity index (χ2n) is 3.68. The van der Waals surface area contributed by atoms with E-state index in [9.17, 15) is 9.59 Å². The lowest BCUT2D eigenvalue weighted by Gasteiger charge is -2.02. The smallest absolute Gasteiger partial charge is 0.310 e. The lowest BCUT2D eigenvalue weighted by Crippen LogP contribution is -2.08. The highest BCUT2D eigenvalue weighted by atomic mass is 16.5. The number of hydrogen-bond donors (Lipinski definition) is 1. The maximum Gasteiger partial charge on any atom is 0.310 e. The zero-order chi connectivity index (χ0) is 14.3. The van der Waals surface area contributed by atoms with Gasteiger partial charge in [0.05, 0.1) is 26.9 Å². The van der Waals surface area contributed by atoms with Crippen LogP contribution in [0.1, 0.15) is 23.3 Å². The van der Waals surface area contributed by atoms with Crippen molar-refractivity contribution in [3.63, 3.8) is 0 Å². The first-order chi connectivity index (χ1) is 9.12. The summed E-state index contributed by atoms with van der Waals surface area (Å²) in [6.45, 7) is 0. The third kappa shape index (κ3) is 4.13. The van der Waals surface area contributed by atoms with Crippen molar-refractivity contribution in [1.82, 2.24) is 0 Å². The molecule has 1 N–H and O–H groups in total. The highest BCUT2D eigenvalue weighted by Crippen LogP contribution is 2.19. The minimum absolute atomic E-state index is 0.0230. The van der Waals surface area contributed by atoms with Gasteiger partial charge in [0.2, 0.25) is 0 Å². The van der Waals surface area contributed by atoms with Crippen LogP contribution < -0.4 is 0 Å². The van der Waals surface area contributed by atoms with Gasteiger partial charge in [0.1, 0.15) is 6.21 Å². The summed E-state index contributed by atoms with van der Waals surface area (Å²) >= 11 is 0. The minimum atomic E-state index is -0.451. The fourth-order valence-corrected chi connectivity index (χ4v) is 1.56. The first-order valence-electron chi connectivity index (χ1n) is 5.52. The van der Waals surface area contributed by atoms with Crippen LogP contribution in [0.15, 0.2) is 15.8 Å². The Labute approximate surface area is 109 Å². The first-order valence-corrected chi connectivity index (χ1v) is 5.52. The third-order valence-electron chi connectivity index (χ3n) is 2.56. The molecule has 19 heavy (non-hydrogen) atoms. The van der Waals surface area contributed by atoms with E-state index < -0.39 is 5.97 Å². The van der Waals surface area contributed by atoms with E-state index in [-0.39, 0.29) is 24.6 Å². The maximum absolute atomic E-state index is 11.3. The molecule has 0 aromatic carbocycles. The van der Waals surface area contributed by atoms with Gasteiger partial charge in [-0.05, 0) is 12.0 Å². The minimum Gasteiger partial charge on any atom is -0.469 e. The fraction of sp³-hybridized carbons (Fsp3) is 0.417. The van der Waals surface area contributed by atoms with E-state index in [0.717, 1.165) is 6.21 Å². The summed E-state index contributed by atoms with van der Waals surface area (Å²) in [5.74, 6) is -0.552. The topological polar surface area (TPSA) is 98.3 Å². The molecule has 0 saturated heterocycles. The van der Waals surface area contributed by atoms with Crippen LogP contribution in [0.2, 0.25) is 0 Å². The van der Waals surface area contributed by atoms with Crippen molar-refractivity contribution in [1.29, 1.82) is 0 Å². The number of hydrogen-bond acceptors (Lipinski definition) is 7. The van der Waals surface area contributed by atoms with Gasteiger partial charge in [0, 0.05) is 12.0 Å². The Balaban J connectivity index is 2.90. The zero-order valence-corrected chi connectivity index (χ0v) is 10.7. The van der Waals surface area contributed by atoms with E-state index in [2.05, 4.69) is 14.6 Å². The predicted molar refractivity (Wildman–Crippen MR) is 64.1 cm³/mol. The molecule has 0 aliphatic rings. The van der Waals surface area contributed by atoms with Crippen molar-refractivity contribution >= 4 is 18.2 Å². The normalized spacial score (nSPS) is 10.6. The number of methoxy groups -OCH3 is 2. The molecule has 0 fully saturated rings. The molecular weight excluding hydrogens is 254 g/mol. The van der Waals surface area contributed by atoms with Gasteiger partial charge in [-0.3, -0.25) is 9.59 Å². The Morgan fingerprint density at radius 1 is 1.37 bits per heavy atom. The maximum atomic E-state index is 11.3. The Morgan fingerprint density at radius 2 is 2.05 bits per heavy atom. The average molecular weight is 269 g/mol. The summed E-state index contributed by atoms with van der Waals surface area (Å²) in [6, 6.07) is 0. The van der Waals surface area contributed by atoms with Gasteiger partial charge >= 0.3 is 11.9 Å². The zero-order valence-electron chi connectivity index (χ0n) is 10.7. The predicted octanol–water partition coefficient (Wildman–Crippen LogP) is 0.909. The van der Waals surface area contributed by atoms with Crippen molar-refractivity contribution in [2.24, 2.45) is 5.16 Å². The highest BCUT2D eigenvalue weighted by Gasteiger charge is 2.17. The number of furan rings is 1. The molecule has 1 rings (SSSR count). The van der Waals surface area contributed by atoms with Crippen molar-refractivity contribution in [3.05, 3.63) is 23.2 Å². The fourth-order valence-electron chi connectivity index (χ4n) is 1.56. The molecule has 1 aromatic heterocycles. The van der Waals surface area contributed by atoms with Gasteiger partial charge in [-0.2, -0.15) is 0 Å². The first kappa shape index (κ1) is 14.7. The van der Waals surface area contributed by atoms with Crippen LogP contribution in [0, 0.1) is 0 Å². The molecule has 0 radical (unpaired) electrons. The summed E-state index contributed by atoms with van der Waals surface area (Å²) in [6.07, 6.45) is 3.00. The molecule has 7 nitrogen and oxygen atoms in total. The number of rotatable bonds is 6. The molecule has 0 aliphatic carbocycles. The number of aryl methyl sites for hydroxylation is 1. The molecule has 0 atom stereocenters. The molecule has 0 unspecified atom stereocenters. The van der Waals surface area contributed by atoms with Crippen molar-refractivity contribution in [2.45, 2.75) is 19.3 Å². The lowest BCUT2D eigenvalue weighted by atomic mass is 10.0. The van der Waals surface area contributed by atoms with Crippen LogP contribution in [0.5, 0.6) is 0 Å². The van der Waals surface area contributed by atoms with E-state index in [0.29, 0.717) is 17.5 Å². The molecule has 0 aliphatic heterocycles. The standard InChI is InChI=1S/C12H15NO6/c1-17-11(14)4-3-8-7-19-10(6-13-16)9(8)5-12(15)18-2/h6-7,16H,3-5H2,1-2H3. The second-order valence-corrected chi connectivity index (χ2v) is 3.68. The van der Waals surface area contributed by atoms with E-state index in [4.69, 9.17) is 9.62 Å². The summed E-state index contributed by atoms with van der Waals surface area (Å²) in [7, 11) is 2.58. The summed E-state index contributed by atoms with van der Waals surface area (Å²) in [5, 5.41) is 11.4. The Bertz CT molecular complexity index is 477. The van der Waals surface area contributed by atoms with E-state index >= 15 is 0 Å². The largest absolute Gasteiger partial charge is 0.469 e. The van der Waals surface area contributed by atoms with Crippen LogP contribution in [-0.2, 0) is 31.9 Å². The van der Waals surface area contributed by atoms with E-state index in [1.165, 1.54) is 20.5 Å². The summed E-state index contributed by atoms with van der Waals surface area (Å²) in [5.41, 5.74) is 1.21. The van der Waals surface area contributed by atoms with Crippen molar-refractivity contribution in [3.8, 4) is 0 Å². The SMILES string of the molecule is COC(=O)CCc1coc(C=NO)c1CC(=O)OC. The monoisotopic (exact) mass is 269 g/mol. The van der Waals surface area contributed by atoms with Crippen LogP contribution in [0.4, 0.5) is 0 Å². The van der Waals surface area contributed by atoms with Gasteiger partial charge in [0.25, 0.3) is 0 Å². The molecule has 1 aromatic rings. The van der Waals surface area contributed by atoms with Crippen LogP contribution in [0.25, 0.3) is 0 Å². The molecule has 0 bridgehead atoms. The van der Waals surface area contributed by atoms with Gasteiger partial charge in [0.15, 0.2) is 5.76 Å². The number of oxime groups is 1. The number of carbonyl (C=O) groups is 2. The molecule has 0 spiro atoms. The average Bonchev–Trinajstić information content (AvgIpc) is 2.79. The molecule has 104 valence electrons. The Hall–Kier alpha value is -2.31. The van der Waals surface area contributed by atoms with Crippen LogP contribution >= 0.6 is 0 Å². The molecule has 1 heterocycles. The van der Waals surface area contributed by atoms with Gasteiger partial charge < -0.3 is 19.1 Å². The van der Waals surface area contributed by atoms with Crippen molar-refractivity contribution < 1.29 is 28.7 Å². The quantitative estimate of drug-likeness (QED) is 0.356. The molecular formula is C12H15NO6. The Morgan fingerprint density at radius 3 is 2.63 bits per heavy atom. The van der Waals surface area contributed by atoms with Gasteiger partial charge in [-0.1, -0.05) is 5.16 Å². The number of carbonyl (C=O) groups excluding carboxylic acids is 2. The van der Waals surface area contributed by atoms with E-state index in [1.54, 1.807) is 0 Å². The number of ether oxygens (including phenoxy) is 2. The molecule has 7 heteroatoms. The Kier molecular flexibility index (Phi) is 5.59. The molecule has 0 amide bonds. The second kappa shape index (κ2) is 7.20. The van der Waals surface area contributed by atoms with Crippen LogP contribution in [-0.4, -0.2) is 37.6 Å². The lowest BCUT2D eigenvalue weighted by molar-refractivity contribution is -0.141. The van der Waals surface area contributed by atoms with Gasteiger partial charge in [-0.25, -0.2) is 0 Å². The van der Waals surface area contributed by atoms with Crippen LogP contribution in [0.3, 0.4) is 0 Å². The molecule has 0 saturated carbocycles. The van der Waals surface area contributed by atoms with Gasteiger partial charge in [-0.15, -0.1) is 0 Å². The number of nitrogens with zero attached hydrogens (tertiary/aromatic N) is 1. The third-order valence-corrected chi connectivity index (χ3v) is 2.56. The summed E-state index contributed by atoms with van der Waals surface area (Å²) in [4.78, 5) is 22.4. The van der Waals surface area contributed by atoms with Crippen molar-refractivity contribution in [2.75, 3.05) is 14.2 Å².